The van der Waals surface area contributed by atoms with Gasteiger partial charge in [0.2, 0.25) is 5.91 Å². The van der Waals surface area contributed by atoms with Crippen LogP contribution in [0.1, 0.15) is 315 Å². The Morgan fingerprint density at radius 1 is 0.430 bits per heavy atom. The van der Waals surface area contributed by atoms with Crippen LogP contribution in [0.25, 0.3) is 0 Å². The number of hydrogen-bond acceptors (Lipinski definition) is 11. The first-order valence-electron chi connectivity index (χ1n) is 38.9. The number of carbonyl (C=O) groups excluding carboxylic acids is 1. The second-order valence-corrected chi connectivity index (χ2v) is 38.5. The van der Waals surface area contributed by atoms with Gasteiger partial charge in [0.25, 0.3) is 0 Å². The third-order valence-electron chi connectivity index (χ3n) is 18.2. The fourth-order valence-corrected chi connectivity index (χ4v) is 12.5. The van der Waals surface area contributed by atoms with Crippen molar-refractivity contribution in [3.8, 4) is 0 Å². The summed E-state index contributed by atoms with van der Waals surface area (Å²) in [5, 5.41) is 6.57. The van der Waals surface area contributed by atoms with E-state index in [2.05, 4.69) is 300 Å². The van der Waals surface area contributed by atoms with Crippen molar-refractivity contribution in [3.05, 3.63) is 78.9 Å². The van der Waals surface area contributed by atoms with Crippen molar-refractivity contribution >= 4 is 5.91 Å². The Hall–Kier alpha value is -3.90. The molecule has 16 nitrogen and oxygen atoms in total. The Morgan fingerprint density at radius 2 is 0.810 bits per heavy atom. The lowest BCUT2D eigenvalue weighted by Crippen LogP contribution is -2.52. The molecule has 0 unspecified atom stereocenters. The number of aromatic nitrogens is 7. The number of piperazine rings is 1. The lowest BCUT2D eigenvalue weighted by Gasteiger charge is -2.41. The molecule has 0 aromatic carbocycles. The summed E-state index contributed by atoms with van der Waals surface area (Å²) in [7, 11) is 4.24. The Bertz CT molecular complexity index is 2520. The molecule has 6 aliphatic rings. The van der Waals surface area contributed by atoms with Crippen molar-refractivity contribution in [2.75, 3.05) is 79.2 Å². The minimum atomic E-state index is 0.00199. The molecule has 16 heteroatoms. The highest BCUT2D eigenvalue weighted by atomic mass is 16.5. The zero-order valence-electron chi connectivity index (χ0n) is 71.7. The Kier molecular flexibility index (Phi) is 40.4. The van der Waals surface area contributed by atoms with E-state index in [4.69, 9.17) is 14.2 Å². The number of likely N-dealkylation sites (tertiary alicyclic amines) is 3. The summed E-state index contributed by atoms with van der Waals surface area (Å²) in [6, 6.07) is 8.19. The minimum absolute atomic E-state index is 0.00199. The van der Waals surface area contributed by atoms with Crippen molar-refractivity contribution < 1.29 is 19.0 Å². The number of amides is 1. The average molecular weight is 1400 g/mol. The van der Waals surface area contributed by atoms with Gasteiger partial charge in [-0.15, -0.1) is 0 Å². The molecular weight excluding hydrogens is 1240 g/mol. The number of likely N-dealkylation sites (N-methyl/N-ethyl adjacent to an activating group) is 1. The molecule has 5 aliphatic heterocycles. The van der Waals surface area contributed by atoms with E-state index >= 15 is 0 Å². The number of hydrogen-bond donors (Lipinski definition) is 1. The summed E-state index contributed by atoms with van der Waals surface area (Å²) in [5.41, 5.74) is 4.50. The van der Waals surface area contributed by atoms with Crippen LogP contribution in [0.3, 0.4) is 0 Å². The van der Waals surface area contributed by atoms with Crippen molar-refractivity contribution in [3.63, 3.8) is 0 Å². The second kappa shape index (κ2) is 42.9. The monoisotopic (exact) mass is 1400 g/mol. The molecule has 1 N–H and O–H groups in total. The van der Waals surface area contributed by atoms with Crippen LogP contribution in [0.4, 0.5) is 0 Å². The molecule has 582 valence electrons. The fraction of sp³-hybridized carbons (Fsp3) is 0.833. The smallest absolute Gasteiger partial charge is 0.222 e. The van der Waals surface area contributed by atoms with Crippen LogP contribution in [0, 0.1) is 6.92 Å². The molecule has 5 saturated heterocycles. The van der Waals surface area contributed by atoms with E-state index in [-0.39, 0.29) is 38.6 Å². The van der Waals surface area contributed by atoms with Gasteiger partial charge in [-0.05, 0) is 295 Å². The zero-order valence-corrected chi connectivity index (χ0v) is 71.7. The second-order valence-electron chi connectivity index (χ2n) is 38.5. The molecule has 9 heterocycles. The van der Waals surface area contributed by atoms with Crippen molar-refractivity contribution in [2.24, 2.45) is 7.05 Å². The molecule has 0 bridgehead atoms. The molecule has 1 amide bonds. The van der Waals surface area contributed by atoms with Crippen molar-refractivity contribution in [2.45, 2.75) is 372 Å². The van der Waals surface area contributed by atoms with E-state index in [1.54, 1.807) is 0 Å². The largest absolute Gasteiger partial charge is 0.381 e. The molecule has 10 rings (SSSR count). The third kappa shape index (κ3) is 42.2. The molecule has 100 heavy (non-hydrogen) atoms. The van der Waals surface area contributed by atoms with Crippen LogP contribution in [-0.2, 0) is 48.0 Å². The molecule has 0 spiro atoms. The van der Waals surface area contributed by atoms with Gasteiger partial charge < -0.3 is 37.7 Å². The van der Waals surface area contributed by atoms with Crippen molar-refractivity contribution in [1.82, 2.24) is 58.4 Å². The average Bonchev–Trinajstić information content (AvgIpc) is 1.58. The SMILES string of the molecule is CC(C)(C)N1CCCC1.CC(C)(C)N1CCCCC1.CC(C)(C)N1CCCCC1=O.CC(C)(C)OC1CCCC1.CC(C)(C)OC1CCOCC1.CC(C)(C)c1ncn[nH]1.CC(C)(C)n1cccc1.CC(C)(C)n1cccc1.CN1CCN(C(C)(C)C)CC1.Cc1ncn(C)c1C(C)(C)C. The number of carbonyl (C=O) groups is 1. The van der Waals surface area contributed by atoms with E-state index in [1.807, 2.05) is 42.5 Å². The highest BCUT2D eigenvalue weighted by molar-refractivity contribution is 5.77. The van der Waals surface area contributed by atoms with Gasteiger partial charge in [-0.2, -0.15) is 5.10 Å². The predicted molar refractivity (Wildman–Crippen MR) is 428 cm³/mol. The zero-order chi connectivity index (χ0) is 76.8. The molecule has 1 aliphatic carbocycles. The Balaban J connectivity index is 0.000000556. The molecular formula is C84H162N12O4. The first-order valence-corrected chi connectivity index (χ1v) is 38.9. The number of nitrogens with zero attached hydrogens (tertiary/aromatic N) is 11. The fourth-order valence-electron chi connectivity index (χ4n) is 12.5. The van der Waals surface area contributed by atoms with Gasteiger partial charge in [0.15, 0.2) is 0 Å². The third-order valence-corrected chi connectivity index (χ3v) is 18.2. The summed E-state index contributed by atoms with van der Waals surface area (Å²) in [6.07, 6.45) is 30.1. The van der Waals surface area contributed by atoms with Crippen LogP contribution in [0.5, 0.6) is 0 Å². The number of aryl methyl sites for hydroxylation is 2. The number of rotatable bonds is 2. The van der Waals surface area contributed by atoms with E-state index in [1.165, 1.54) is 129 Å². The summed E-state index contributed by atoms with van der Waals surface area (Å²) in [4.78, 5) is 31.7. The summed E-state index contributed by atoms with van der Waals surface area (Å²) in [5.74, 6) is 1.26. The number of piperidine rings is 2. The molecule has 4 aromatic rings. The summed E-state index contributed by atoms with van der Waals surface area (Å²) in [6.45, 7) is 80.5. The summed E-state index contributed by atoms with van der Waals surface area (Å²) >= 11 is 0. The Morgan fingerprint density at radius 3 is 1.07 bits per heavy atom. The number of nitrogens with one attached hydrogen (secondary N) is 1. The maximum Gasteiger partial charge on any atom is 0.222 e. The topological polar surface area (TPSA) is 130 Å². The molecule has 0 atom stereocenters. The van der Waals surface area contributed by atoms with Gasteiger partial charge >= 0.3 is 0 Å². The van der Waals surface area contributed by atoms with Crippen LogP contribution in [0.2, 0.25) is 0 Å². The minimum Gasteiger partial charge on any atom is -0.381 e. The molecule has 6 fully saturated rings. The van der Waals surface area contributed by atoms with E-state index < -0.39 is 0 Å². The van der Waals surface area contributed by atoms with Gasteiger partial charge in [0.1, 0.15) is 12.2 Å². The quantitative estimate of drug-likeness (QED) is 0.206. The highest BCUT2D eigenvalue weighted by Crippen LogP contribution is 2.28. The van der Waals surface area contributed by atoms with Crippen LogP contribution in [0.15, 0.2) is 61.7 Å². The van der Waals surface area contributed by atoms with Gasteiger partial charge in [-0.25, -0.2) is 9.97 Å². The van der Waals surface area contributed by atoms with Crippen LogP contribution < -0.4 is 0 Å². The number of aromatic amines is 1. The van der Waals surface area contributed by atoms with E-state index in [0.717, 1.165) is 57.0 Å². The first kappa shape index (κ1) is 94.1. The van der Waals surface area contributed by atoms with Gasteiger partial charge in [0.05, 0.1) is 35.4 Å². The summed E-state index contributed by atoms with van der Waals surface area (Å²) < 4.78 is 23.3. The standard InChI is InChI=1S/C9H20N2.C9H16N2.C9H17NO.C9H19N.C9H18O2.C9H18O.C8H17N.2C8H13N.C6H11N3/c1-9(2,3)11-7-5-10(4)6-8-11;1-7-8(9(2,3)4)11(5)6-10-7;1-9(2,3)10-7-5-4-6-8(10)11;1-9(2,3)10-7-5-4-6-8-10;1-9(2,3)11-8-4-6-10-7-5-8;1-9(2,3)10-8-6-4-5-7-8;3*1-8(2,3)9-6-4-5-7-9;1-6(2,3)5-7-4-8-9-5/h5-8H2,1-4H3;6H,1-5H3;4-7H2,1-3H3;4-8H2,1-3H3;8H,4-7H2,1-3H3;8H,4-7H2,1-3H3;4-7H2,1-3H3;2*4-7H,1-3H3;4H,1-3H3,(H,7,8,9). The van der Waals surface area contributed by atoms with Crippen LogP contribution >= 0.6 is 0 Å². The first-order chi connectivity index (χ1) is 45.6. The highest BCUT2D eigenvalue weighted by Gasteiger charge is 2.30. The van der Waals surface area contributed by atoms with E-state index in [0.29, 0.717) is 34.7 Å². The molecule has 4 aromatic heterocycles. The maximum absolute atomic E-state index is 11.4. The lowest BCUT2D eigenvalue weighted by molar-refractivity contribution is -0.138. The van der Waals surface area contributed by atoms with Gasteiger partial charge in [-0.1, -0.05) is 60.8 Å². The van der Waals surface area contributed by atoms with E-state index in [9.17, 15) is 4.79 Å². The number of ether oxygens (including phenoxy) is 3. The van der Waals surface area contributed by atoms with Crippen molar-refractivity contribution in [1.29, 1.82) is 0 Å². The van der Waals surface area contributed by atoms with Gasteiger partial charge in [-0.3, -0.25) is 24.6 Å². The maximum atomic E-state index is 11.4. The Labute approximate surface area is 617 Å². The normalized spacial score (nSPS) is 18.4. The van der Waals surface area contributed by atoms with Gasteiger partial charge in [0, 0.05) is 134 Å². The number of imidazole rings is 1. The predicted octanol–water partition coefficient (Wildman–Crippen LogP) is 19.3. The molecule has 1 saturated carbocycles. The number of H-pyrrole nitrogens is 1. The van der Waals surface area contributed by atoms with Crippen LogP contribution in [-0.4, -0.2) is 189 Å². The molecule has 0 radical (unpaired) electrons. The lowest BCUT2D eigenvalue weighted by atomic mass is 9.91.